The second-order valence-corrected chi connectivity index (χ2v) is 4.46. The molecule has 1 unspecified atom stereocenters. The molecule has 17 heavy (non-hydrogen) atoms. The fraction of sp³-hybridized carbons (Fsp3) is 0.417. The Kier molecular flexibility index (Phi) is 2.13. The highest BCUT2D eigenvalue weighted by Gasteiger charge is 2.36. The van der Waals surface area contributed by atoms with Crippen molar-refractivity contribution in [3.8, 4) is 6.07 Å². The lowest BCUT2D eigenvalue weighted by molar-refractivity contribution is 0.00854. The predicted molar refractivity (Wildman–Crippen MR) is 60.2 cm³/mol. The van der Waals surface area contributed by atoms with Gasteiger partial charge in [0.25, 0.3) is 0 Å². The number of pyridine rings is 1. The quantitative estimate of drug-likeness (QED) is 0.744. The largest absolute Gasteiger partial charge is 0.367 e. The standard InChI is InChI=1S/C12H12N4O/c1-12(5-2-6-17-12)11-15-14-10-4-3-9(7-13)8-16(10)11/h3-4,8H,2,5-6H2,1H3. The first kappa shape index (κ1) is 10.2. The molecule has 86 valence electrons. The van der Waals surface area contributed by atoms with Crippen molar-refractivity contribution in [2.45, 2.75) is 25.4 Å². The molecule has 1 saturated heterocycles. The Bertz CT molecular complexity index is 604. The van der Waals surface area contributed by atoms with Gasteiger partial charge in [-0.25, -0.2) is 0 Å². The summed E-state index contributed by atoms with van der Waals surface area (Å²) in [6, 6.07) is 5.66. The van der Waals surface area contributed by atoms with Gasteiger partial charge >= 0.3 is 0 Å². The molecule has 5 nitrogen and oxygen atoms in total. The van der Waals surface area contributed by atoms with Gasteiger partial charge in [-0.05, 0) is 31.9 Å². The summed E-state index contributed by atoms with van der Waals surface area (Å²) in [5, 5.41) is 17.2. The van der Waals surface area contributed by atoms with Crippen molar-refractivity contribution in [1.29, 1.82) is 5.26 Å². The van der Waals surface area contributed by atoms with Gasteiger partial charge in [-0.2, -0.15) is 5.26 Å². The van der Waals surface area contributed by atoms with Crippen LogP contribution in [-0.2, 0) is 10.3 Å². The minimum atomic E-state index is -0.381. The molecule has 0 aliphatic carbocycles. The van der Waals surface area contributed by atoms with Crippen LogP contribution in [0.5, 0.6) is 0 Å². The van der Waals surface area contributed by atoms with Crippen LogP contribution in [0.15, 0.2) is 18.3 Å². The summed E-state index contributed by atoms with van der Waals surface area (Å²) in [4.78, 5) is 0. The molecule has 3 rings (SSSR count). The van der Waals surface area contributed by atoms with E-state index in [1.807, 2.05) is 11.3 Å². The minimum Gasteiger partial charge on any atom is -0.367 e. The van der Waals surface area contributed by atoms with E-state index in [1.165, 1.54) is 0 Å². The number of rotatable bonds is 1. The minimum absolute atomic E-state index is 0.381. The number of nitriles is 1. The van der Waals surface area contributed by atoms with Crippen molar-refractivity contribution in [3.63, 3.8) is 0 Å². The van der Waals surface area contributed by atoms with Gasteiger partial charge in [0.1, 0.15) is 11.7 Å². The molecular weight excluding hydrogens is 216 g/mol. The van der Waals surface area contributed by atoms with Gasteiger partial charge in [0.05, 0.1) is 5.56 Å². The Morgan fingerprint density at radius 3 is 3.06 bits per heavy atom. The van der Waals surface area contributed by atoms with Crippen molar-refractivity contribution in [2.24, 2.45) is 0 Å². The number of aromatic nitrogens is 3. The van der Waals surface area contributed by atoms with E-state index in [9.17, 15) is 0 Å². The third kappa shape index (κ3) is 1.49. The van der Waals surface area contributed by atoms with Crippen LogP contribution in [0, 0.1) is 11.3 Å². The number of nitrogens with zero attached hydrogens (tertiary/aromatic N) is 4. The van der Waals surface area contributed by atoms with Gasteiger partial charge in [-0.1, -0.05) is 0 Å². The summed E-state index contributed by atoms with van der Waals surface area (Å²) in [6.07, 6.45) is 3.73. The van der Waals surface area contributed by atoms with Crippen molar-refractivity contribution in [2.75, 3.05) is 6.61 Å². The van der Waals surface area contributed by atoms with Crippen LogP contribution in [0.3, 0.4) is 0 Å². The first-order chi connectivity index (χ1) is 8.23. The summed E-state index contributed by atoms with van der Waals surface area (Å²) in [6.45, 7) is 2.78. The van der Waals surface area contributed by atoms with Gasteiger partial charge in [0.2, 0.25) is 0 Å². The van der Waals surface area contributed by atoms with E-state index in [1.54, 1.807) is 18.3 Å². The van der Waals surface area contributed by atoms with E-state index in [2.05, 4.69) is 16.3 Å². The Labute approximate surface area is 98.6 Å². The van der Waals surface area contributed by atoms with Crippen LogP contribution in [0.1, 0.15) is 31.2 Å². The molecule has 0 saturated carbocycles. The third-order valence-electron chi connectivity index (χ3n) is 3.22. The van der Waals surface area contributed by atoms with E-state index in [0.29, 0.717) is 5.56 Å². The maximum Gasteiger partial charge on any atom is 0.169 e. The molecule has 0 amide bonds. The molecular formula is C12H12N4O. The SMILES string of the molecule is CC1(c2nnc3ccc(C#N)cn23)CCCO1. The smallest absolute Gasteiger partial charge is 0.169 e. The van der Waals surface area contributed by atoms with E-state index < -0.39 is 0 Å². The highest BCUT2D eigenvalue weighted by atomic mass is 16.5. The maximum absolute atomic E-state index is 8.92. The van der Waals surface area contributed by atoms with Crippen LogP contribution >= 0.6 is 0 Å². The Balaban J connectivity index is 2.20. The molecule has 0 radical (unpaired) electrons. The molecule has 1 aliphatic rings. The third-order valence-corrected chi connectivity index (χ3v) is 3.22. The summed E-state index contributed by atoms with van der Waals surface area (Å²) in [7, 11) is 0. The second-order valence-electron chi connectivity index (χ2n) is 4.46. The summed E-state index contributed by atoms with van der Waals surface area (Å²) >= 11 is 0. The lowest BCUT2D eigenvalue weighted by atomic mass is 10.0. The summed E-state index contributed by atoms with van der Waals surface area (Å²) < 4.78 is 7.61. The molecule has 0 N–H and O–H groups in total. The van der Waals surface area contributed by atoms with Crippen LogP contribution in [-0.4, -0.2) is 21.2 Å². The predicted octanol–water partition coefficient (Wildman–Crippen LogP) is 1.63. The summed E-state index contributed by atoms with van der Waals surface area (Å²) in [5.41, 5.74) is 0.962. The van der Waals surface area contributed by atoms with Gasteiger partial charge < -0.3 is 4.74 Å². The molecule has 0 spiro atoms. The average Bonchev–Trinajstić information content (AvgIpc) is 2.95. The van der Waals surface area contributed by atoms with Crippen LogP contribution in [0.4, 0.5) is 0 Å². The zero-order chi connectivity index (χ0) is 11.9. The van der Waals surface area contributed by atoms with Crippen molar-refractivity contribution in [3.05, 3.63) is 29.7 Å². The fourth-order valence-corrected chi connectivity index (χ4v) is 2.27. The van der Waals surface area contributed by atoms with Gasteiger partial charge in [-0.3, -0.25) is 4.40 Å². The van der Waals surface area contributed by atoms with E-state index in [4.69, 9.17) is 10.00 Å². The van der Waals surface area contributed by atoms with Crippen molar-refractivity contribution in [1.82, 2.24) is 14.6 Å². The van der Waals surface area contributed by atoms with E-state index in [-0.39, 0.29) is 5.60 Å². The van der Waals surface area contributed by atoms with Crippen molar-refractivity contribution >= 4 is 5.65 Å². The van der Waals surface area contributed by atoms with Crippen LogP contribution < -0.4 is 0 Å². The van der Waals surface area contributed by atoms with E-state index in [0.717, 1.165) is 30.9 Å². The molecule has 0 aromatic carbocycles. The molecule has 1 atom stereocenters. The Morgan fingerprint density at radius 1 is 1.47 bits per heavy atom. The second kappa shape index (κ2) is 3.54. The number of fused-ring (bicyclic) bond motifs is 1. The molecule has 2 aromatic heterocycles. The molecule has 0 bridgehead atoms. The molecule has 1 fully saturated rings. The molecule has 2 aromatic rings. The van der Waals surface area contributed by atoms with Crippen LogP contribution in [0.2, 0.25) is 0 Å². The molecule has 1 aliphatic heterocycles. The van der Waals surface area contributed by atoms with Crippen LogP contribution in [0.25, 0.3) is 5.65 Å². The Hall–Kier alpha value is -1.93. The van der Waals surface area contributed by atoms with E-state index >= 15 is 0 Å². The van der Waals surface area contributed by atoms with Gasteiger partial charge in [0, 0.05) is 12.8 Å². The number of ether oxygens (including phenoxy) is 1. The summed E-state index contributed by atoms with van der Waals surface area (Å²) in [5.74, 6) is 0.780. The zero-order valence-electron chi connectivity index (χ0n) is 9.55. The first-order valence-electron chi connectivity index (χ1n) is 5.62. The molecule has 3 heterocycles. The average molecular weight is 228 g/mol. The topological polar surface area (TPSA) is 63.2 Å². The zero-order valence-corrected chi connectivity index (χ0v) is 9.55. The lowest BCUT2D eigenvalue weighted by Crippen LogP contribution is -2.23. The van der Waals surface area contributed by atoms with Gasteiger partial charge in [-0.15, -0.1) is 10.2 Å². The van der Waals surface area contributed by atoms with Gasteiger partial charge in [0.15, 0.2) is 11.5 Å². The Morgan fingerprint density at radius 2 is 2.35 bits per heavy atom. The van der Waals surface area contributed by atoms with Crippen molar-refractivity contribution < 1.29 is 4.74 Å². The maximum atomic E-state index is 8.92. The monoisotopic (exact) mass is 228 g/mol. The highest BCUT2D eigenvalue weighted by Crippen LogP contribution is 2.34. The molecule has 5 heteroatoms. The fourth-order valence-electron chi connectivity index (χ4n) is 2.27. The highest BCUT2D eigenvalue weighted by molar-refractivity contribution is 5.43. The lowest BCUT2D eigenvalue weighted by Gasteiger charge is -2.20. The first-order valence-corrected chi connectivity index (χ1v) is 5.62. The number of hydrogen-bond donors (Lipinski definition) is 0. The number of hydrogen-bond acceptors (Lipinski definition) is 4. The normalized spacial score (nSPS) is 24.0.